The molecule has 2 aromatic rings. The number of hydrogen-bond donors (Lipinski definition) is 0. The monoisotopic (exact) mass is 327 g/mol. The fourth-order valence-corrected chi connectivity index (χ4v) is 2.92. The molecule has 0 spiro atoms. The Bertz CT molecular complexity index is 791. The van der Waals surface area contributed by atoms with Crippen molar-refractivity contribution in [1.29, 1.82) is 5.26 Å². The molecule has 24 heavy (non-hydrogen) atoms. The summed E-state index contributed by atoms with van der Waals surface area (Å²) >= 11 is 0. The minimum atomic E-state index is -0.683. The molecule has 2 heterocycles. The van der Waals surface area contributed by atoms with E-state index in [1.54, 1.807) is 12.1 Å². The molecular formula is C18H15F2N3O. The Morgan fingerprint density at radius 1 is 1.21 bits per heavy atom. The van der Waals surface area contributed by atoms with Crippen molar-refractivity contribution in [2.24, 2.45) is 5.92 Å². The van der Waals surface area contributed by atoms with Crippen molar-refractivity contribution in [1.82, 2.24) is 4.98 Å². The molecule has 1 saturated heterocycles. The molecule has 3 rings (SSSR count). The first-order chi connectivity index (χ1) is 11.6. The number of hydrogen-bond acceptors (Lipinski definition) is 4. The number of aromatic nitrogens is 1. The zero-order valence-corrected chi connectivity index (χ0v) is 12.9. The van der Waals surface area contributed by atoms with E-state index in [-0.39, 0.29) is 17.3 Å². The van der Waals surface area contributed by atoms with Crippen molar-refractivity contribution in [3.05, 3.63) is 59.3 Å². The summed E-state index contributed by atoms with van der Waals surface area (Å²) in [4.78, 5) is 18.7. The van der Waals surface area contributed by atoms with Crippen LogP contribution in [0.25, 0.3) is 0 Å². The van der Waals surface area contributed by atoms with Crippen LogP contribution in [0.2, 0.25) is 0 Å². The summed E-state index contributed by atoms with van der Waals surface area (Å²) in [6.45, 7) is 1.21. The number of pyridine rings is 1. The van der Waals surface area contributed by atoms with Crippen LogP contribution in [-0.4, -0.2) is 23.9 Å². The zero-order chi connectivity index (χ0) is 17.1. The molecule has 122 valence electrons. The standard InChI is InChI=1S/C18H15F2N3O/c19-14-2-3-16(20)15(9-14)18(24)13-5-7-23(8-6-13)17-4-1-12(10-21)11-22-17/h1-4,9,11,13H,5-8H2. The van der Waals surface area contributed by atoms with Crippen LogP contribution in [0.15, 0.2) is 36.5 Å². The Hall–Kier alpha value is -2.81. The van der Waals surface area contributed by atoms with Crippen LogP contribution in [0.5, 0.6) is 0 Å². The molecule has 1 fully saturated rings. The van der Waals surface area contributed by atoms with Crippen LogP contribution in [0.4, 0.5) is 14.6 Å². The van der Waals surface area contributed by atoms with E-state index in [4.69, 9.17) is 5.26 Å². The van der Waals surface area contributed by atoms with E-state index in [2.05, 4.69) is 4.98 Å². The molecule has 4 nitrogen and oxygen atoms in total. The van der Waals surface area contributed by atoms with E-state index in [1.807, 2.05) is 11.0 Å². The highest BCUT2D eigenvalue weighted by atomic mass is 19.1. The first kappa shape index (κ1) is 16.1. The molecule has 0 N–H and O–H groups in total. The summed E-state index contributed by atoms with van der Waals surface area (Å²) in [7, 11) is 0. The summed E-state index contributed by atoms with van der Waals surface area (Å²) in [5.74, 6) is -1.22. The second kappa shape index (κ2) is 6.75. The minimum Gasteiger partial charge on any atom is -0.357 e. The molecule has 0 unspecified atom stereocenters. The highest BCUT2D eigenvalue weighted by molar-refractivity contribution is 5.98. The van der Waals surface area contributed by atoms with Crippen LogP contribution >= 0.6 is 0 Å². The van der Waals surface area contributed by atoms with Gasteiger partial charge in [-0.15, -0.1) is 0 Å². The maximum absolute atomic E-state index is 13.8. The van der Waals surface area contributed by atoms with Crippen LogP contribution < -0.4 is 4.90 Å². The Morgan fingerprint density at radius 3 is 2.58 bits per heavy atom. The van der Waals surface area contributed by atoms with Gasteiger partial charge in [-0.25, -0.2) is 13.8 Å². The molecule has 0 bridgehead atoms. The third kappa shape index (κ3) is 3.25. The van der Waals surface area contributed by atoms with Crippen LogP contribution in [0.1, 0.15) is 28.8 Å². The van der Waals surface area contributed by atoms with Crippen molar-refractivity contribution >= 4 is 11.6 Å². The van der Waals surface area contributed by atoms with E-state index in [0.29, 0.717) is 31.5 Å². The van der Waals surface area contributed by atoms with E-state index in [9.17, 15) is 13.6 Å². The molecule has 0 atom stereocenters. The SMILES string of the molecule is N#Cc1ccc(N2CCC(C(=O)c3cc(F)ccc3F)CC2)nc1. The minimum absolute atomic E-state index is 0.176. The highest BCUT2D eigenvalue weighted by Gasteiger charge is 2.28. The summed E-state index contributed by atoms with van der Waals surface area (Å²) in [6.07, 6.45) is 2.61. The predicted octanol–water partition coefficient (Wildman–Crippen LogP) is 3.33. The molecule has 0 aliphatic carbocycles. The lowest BCUT2D eigenvalue weighted by Gasteiger charge is -2.32. The van der Waals surface area contributed by atoms with Gasteiger partial charge in [0.05, 0.1) is 11.1 Å². The normalized spacial score (nSPS) is 15.1. The number of ketones is 1. The number of nitrogens with zero attached hydrogens (tertiary/aromatic N) is 3. The summed E-state index contributed by atoms with van der Waals surface area (Å²) in [5, 5.41) is 8.79. The fraction of sp³-hybridized carbons (Fsp3) is 0.278. The Morgan fingerprint density at radius 2 is 1.96 bits per heavy atom. The number of benzene rings is 1. The number of carbonyl (C=O) groups excluding carboxylic acids is 1. The number of halogens is 2. The van der Waals surface area contributed by atoms with Crippen LogP contribution in [-0.2, 0) is 0 Å². The summed E-state index contributed by atoms with van der Waals surface area (Å²) in [5.41, 5.74) is 0.315. The van der Waals surface area contributed by atoms with Gasteiger partial charge < -0.3 is 4.90 Å². The summed E-state index contributed by atoms with van der Waals surface area (Å²) < 4.78 is 27.0. The van der Waals surface area contributed by atoms with Gasteiger partial charge >= 0.3 is 0 Å². The summed E-state index contributed by atoms with van der Waals surface area (Å²) in [6, 6.07) is 8.44. The Labute approximate surface area is 138 Å². The lowest BCUT2D eigenvalue weighted by atomic mass is 9.88. The molecule has 1 aliphatic rings. The first-order valence-electron chi connectivity index (χ1n) is 7.69. The number of rotatable bonds is 3. The molecule has 0 amide bonds. The quantitative estimate of drug-likeness (QED) is 0.812. The molecule has 1 aromatic heterocycles. The maximum Gasteiger partial charge on any atom is 0.169 e. The maximum atomic E-state index is 13.8. The van der Waals surface area contributed by atoms with Crippen molar-refractivity contribution < 1.29 is 13.6 Å². The second-order valence-electron chi connectivity index (χ2n) is 5.77. The van der Waals surface area contributed by atoms with Gasteiger partial charge in [0.2, 0.25) is 0 Å². The number of Topliss-reactive ketones (excluding diaryl/α,β-unsaturated/α-hetero) is 1. The van der Waals surface area contributed by atoms with Crippen LogP contribution in [0, 0.1) is 28.9 Å². The zero-order valence-electron chi connectivity index (χ0n) is 12.9. The van der Waals surface area contributed by atoms with Gasteiger partial charge in [-0.2, -0.15) is 5.26 Å². The molecule has 0 saturated carbocycles. The molecule has 1 aliphatic heterocycles. The van der Waals surface area contributed by atoms with Gasteiger partial charge in [-0.05, 0) is 43.2 Å². The lowest BCUT2D eigenvalue weighted by Crippen LogP contribution is -2.37. The van der Waals surface area contributed by atoms with Crippen molar-refractivity contribution in [3.8, 4) is 6.07 Å². The highest BCUT2D eigenvalue weighted by Crippen LogP contribution is 2.26. The third-order valence-corrected chi connectivity index (χ3v) is 4.26. The van der Waals surface area contributed by atoms with Gasteiger partial charge in [0, 0.05) is 25.2 Å². The van der Waals surface area contributed by atoms with Gasteiger partial charge in [-0.3, -0.25) is 4.79 Å². The Balaban J connectivity index is 1.67. The molecule has 6 heteroatoms. The average Bonchev–Trinajstić information content (AvgIpc) is 2.63. The van der Waals surface area contributed by atoms with Gasteiger partial charge in [-0.1, -0.05) is 0 Å². The number of piperidine rings is 1. The van der Waals surface area contributed by atoms with Gasteiger partial charge in [0.25, 0.3) is 0 Å². The first-order valence-corrected chi connectivity index (χ1v) is 7.69. The smallest absolute Gasteiger partial charge is 0.169 e. The van der Waals surface area contributed by atoms with Crippen molar-refractivity contribution in [3.63, 3.8) is 0 Å². The number of nitriles is 1. The largest absolute Gasteiger partial charge is 0.357 e. The lowest BCUT2D eigenvalue weighted by molar-refractivity contribution is 0.0895. The van der Waals surface area contributed by atoms with E-state index in [1.165, 1.54) is 6.20 Å². The fourth-order valence-electron chi connectivity index (χ4n) is 2.92. The average molecular weight is 327 g/mol. The van der Waals surface area contributed by atoms with E-state index < -0.39 is 11.6 Å². The second-order valence-corrected chi connectivity index (χ2v) is 5.77. The number of anilines is 1. The van der Waals surface area contributed by atoms with Gasteiger partial charge in [0.1, 0.15) is 23.5 Å². The topological polar surface area (TPSA) is 57.0 Å². The Kier molecular flexibility index (Phi) is 4.52. The van der Waals surface area contributed by atoms with Crippen LogP contribution in [0.3, 0.4) is 0 Å². The molecular weight excluding hydrogens is 312 g/mol. The van der Waals surface area contributed by atoms with Crippen molar-refractivity contribution in [2.75, 3.05) is 18.0 Å². The van der Waals surface area contributed by atoms with E-state index >= 15 is 0 Å². The third-order valence-electron chi connectivity index (χ3n) is 4.26. The molecule has 1 aromatic carbocycles. The number of carbonyl (C=O) groups is 1. The predicted molar refractivity (Wildman–Crippen MR) is 84.6 cm³/mol. The van der Waals surface area contributed by atoms with Gasteiger partial charge in [0.15, 0.2) is 5.78 Å². The van der Waals surface area contributed by atoms with E-state index in [0.717, 1.165) is 24.0 Å². The van der Waals surface area contributed by atoms with Crippen molar-refractivity contribution in [2.45, 2.75) is 12.8 Å². The molecule has 0 radical (unpaired) electrons.